The van der Waals surface area contributed by atoms with E-state index < -0.39 is 0 Å². The van der Waals surface area contributed by atoms with Crippen molar-refractivity contribution in [1.82, 2.24) is 10.3 Å². The van der Waals surface area contributed by atoms with E-state index in [0.717, 1.165) is 10.9 Å². The van der Waals surface area contributed by atoms with Crippen LogP contribution in [-0.2, 0) is 0 Å². The van der Waals surface area contributed by atoms with Gasteiger partial charge in [-0.1, -0.05) is 18.2 Å². The van der Waals surface area contributed by atoms with Gasteiger partial charge in [0.05, 0.1) is 5.56 Å². The number of hydrogen-bond acceptors (Lipinski definition) is 2. The number of aromatic nitrogens is 1. The predicted molar refractivity (Wildman–Crippen MR) is 62.3 cm³/mol. The number of aromatic amines is 1. The van der Waals surface area contributed by atoms with Crippen LogP contribution in [0, 0.1) is 0 Å². The zero-order valence-electron chi connectivity index (χ0n) is 8.86. The molecule has 0 fully saturated rings. The normalized spacial score (nSPS) is 10.6. The second kappa shape index (κ2) is 4.81. The number of carbonyl (C=O) groups is 1. The summed E-state index contributed by atoms with van der Waals surface area (Å²) in [5, 5.41) is 12.3. The number of rotatable bonds is 4. The first kappa shape index (κ1) is 10.7. The van der Waals surface area contributed by atoms with Crippen molar-refractivity contribution in [3.8, 4) is 0 Å². The van der Waals surface area contributed by atoms with E-state index in [2.05, 4.69) is 10.3 Å². The van der Waals surface area contributed by atoms with Crippen LogP contribution in [0.4, 0.5) is 0 Å². The molecule has 0 unspecified atom stereocenters. The number of H-pyrrole nitrogens is 1. The summed E-state index contributed by atoms with van der Waals surface area (Å²) >= 11 is 0. The minimum Gasteiger partial charge on any atom is -0.396 e. The standard InChI is InChI=1S/C12H14N2O2/c15-7-3-6-13-12(16)10-8-14-11-5-2-1-4-9(10)11/h1-2,4-5,8,14-15H,3,6-7H2,(H,13,16). The molecule has 4 nitrogen and oxygen atoms in total. The molecular weight excluding hydrogens is 204 g/mol. The van der Waals surface area contributed by atoms with Crippen molar-refractivity contribution in [3.63, 3.8) is 0 Å². The van der Waals surface area contributed by atoms with Crippen LogP contribution < -0.4 is 5.32 Å². The first-order valence-electron chi connectivity index (χ1n) is 5.28. The van der Waals surface area contributed by atoms with Crippen LogP contribution in [0.3, 0.4) is 0 Å². The molecule has 0 spiro atoms. The Balaban J connectivity index is 2.17. The average Bonchev–Trinajstić information content (AvgIpc) is 2.73. The van der Waals surface area contributed by atoms with Crippen molar-refractivity contribution in [1.29, 1.82) is 0 Å². The quantitative estimate of drug-likeness (QED) is 0.677. The van der Waals surface area contributed by atoms with E-state index in [1.807, 2.05) is 24.3 Å². The Morgan fingerprint density at radius 2 is 2.19 bits per heavy atom. The molecule has 1 aromatic heterocycles. The molecule has 16 heavy (non-hydrogen) atoms. The number of fused-ring (bicyclic) bond motifs is 1. The van der Waals surface area contributed by atoms with Crippen molar-refractivity contribution in [2.45, 2.75) is 6.42 Å². The summed E-state index contributed by atoms with van der Waals surface area (Å²) in [5.41, 5.74) is 1.60. The number of aliphatic hydroxyl groups excluding tert-OH is 1. The average molecular weight is 218 g/mol. The zero-order valence-corrected chi connectivity index (χ0v) is 8.86. The molecule has 0 saturated heterocycles. The second-order valence-electron chi connectivity index (χ2n) is 3.58. The first-order valence-corrected chi connectivity index (χ1v) is 5.28. The number of aliphatic hydroxyl groups is 1. The summed E-state index contributed by atoms with van der Waals surface area (Å²) in [5.74, 6) is -0.106. The highest BCUT2D eigenvalue weighted by atomic mass is 16.3. The van der Waals surface area contributed by atoms with Crippen LogP contribution in [-0.4, -0.2) is 29.1 Å². The van der Waals surface area contributed by atoms with Crippen LogP contribution in [0.5, 0.6) is 0 Å². The van der Waals surface area contributed by atoms with Gasteiger partial charge in [-0.15, -0.1) is 0 Å². The van der Waals surface area contributed by atoms with E-state index in [0.29, 0.717) is 18.5 Å². The molecular formula is C12H14N2O2. The smallest absolute Gasteiger partial charge is 0.253 e. The third-order valence-electron chi connectivity index (χ3n) is 2.45. The largest absolute Gasteiger partial charge is 0.396 e. The van der Waals surface area contributed by atoms with Gasteiger partial charge in [0, 0.05) is 30.3 Å². The molecule has 4 heteroatoms. The Morgan fingerprint density at radius 3 is 3.00 bits per heavy atom. The lowest BCUT2D eigenvalue weighted by Gasteiger charge is -2.02. The summed E-state index contributed by atoms with van der Waals surface area (Å²) < 4.78 is 0. The van der Waals surface area contributed by atoms with Gasteiger partial charge in [0.15, 0.2) is 0 Å². The van der Waals surface area contributed by atoms with E-state index in [-0.39, 0.29) is 12.5 Å². The molecule has 3 N–H and O–H groups in total. The maximum atomic E-state index is 11.8. The van der Waals surface area contributed by atoms with E-state index in [1.165, 1.54) is 0 Å². The lowest BCUT2D eigenvalue weighted by atomic mass is 10.1. The van der Waals surface area contributed by atoms with Crippen LogP contribution in [0.25, 0.3) is 10.9 Å². The van der Waals surface area contributed by atoms with Gasteiger partial charge in [0.25, 0.3) is 5.91 Å². The molecule has 0 radical (unpaired) electrons. The fourth-order valence-electron chi connectivity index (χ4n) is 1.64. The van der Waals surface area contributed by atoms with E-state index in [9.17, 15) is 4.79 Å². The van der Waals surface area contributed by atoms with Gasteiger partial charge in [-0.3, -0.25) is 4.79 Å². The fourth-order valence-corrected chi connectivity index (χ4v) is 1.64. The van der Waals surface area contributed by atoms with Crippen LogP contribution in [0.1, 0.15) is 16.8 Å². The fraction of sp³-hybridized carbons (Fsp3) is 0.250. The molecule has 0 atom stereocenters. The van der Waals surface area contributed by atoms with Crippen molar-refractivity contribution >= 4 is 16.8 Å². The molecule has 2 rings (SSSR count). The summed E-state index contributed by atoms with van der Waals surface area (Å²) in [4.78, 5) is 14.8. The van der Waals surface area contributed by atoms with Crippen molar-refractivity contribution in [2.75, 3.05) is 13.2 Å². The Hall–Kier alpha value is -1.81. The van der Waals surface area contributed by atoms with Crippen molar-refractivity contribution < 1.29 is 9.90 Å². The summed E-state index contributed by atoms with van der Waals surface area (Å²) in [6.07, 6.45) is 2.28. The number of amides is 1. The first-order chi connectivity index (χ1) is 7.83. The van der Waals surface area contributed by atoms with Gasteiger partial charge < -0.3 is 15.4 Å². The molecule has 1 heterocycles. The maximum absolute atomic E-state index is 11.8. The lowest BCUT2D eigenvalue weighted by Crippen LogP contribution is -2.24. The van der Waals surface area contributed by atoms with E-state index in [4.69, 9.17) is 5.11 Å². The summed E-state index contributed by atoms with van der Waals surface area (Å²) in [7, 11) is 0. The minimum atomic E-state index is -0.106. The summed E-state index contributed by atoms with van der Waals surface area (Å²) in [6.45, 7) is 0.586. The molecule has 0 aliphatic rings. The maximum Gasteiger partial charge on any atom is 0.253 e. The van der Waals surface area contributed by atoms with Gasteiger partial charge in [0.1, 0.15) is 0 Å². The molecule has 0 bridgehead atoms. The minimum absolute atomic E-state index is 0.0914. The topological polar surface area (TPSA) is 65.1 Å². The van der Waals surface area contributed by atoms with Crippen LogP contribution in [0.15, 0.2) is 30.5 Å². The highest BCUT2D eigenvalue weighted by Gasteiger charge is 2.10. The number of carbonyl (C=O) groups excluding carboxylic acids is 1. The van der Waals surface area contributed by atoms with Crippen molar-refractivity contribution in [2.24, 2.45) is 0 Å². The van der Waals surface area contributed by atoms with Crippen molar-refractivity contribution in [3.05, 3.63) is 36.0 Å². The molecule has 2 aromatic rings. The highest BCUT2D eigenvalue weighted by molar-refractivity contribution is 6.06. The Kier molecular flexibility index (Phi) is 3.22. The van der Waals surface area contributed by atoms with Gasteiger partial charge in [-0.25, -0.2) is 0 Å². The predicted octanol–water partition coefficient (Wildman–Crippen LogP) is 1.28. The number of nitrogens with one attached hydrogen (secondary N) is 2. The van der Waals surface area contributed by atoms with Gasteiger partial charge in [-0.05, 0) is 12.5 Å². The van der Waals surface area contributed by atoms with Crippen LogP contribution in [0.2, 0.25) is 0 Å². The van der Waals surface area contributed by atoms with E-state index in [1.54, 1.807) is 6.20 Å². The Bertz CT molecular complexity index is 490. The third kappa shape index (κ3) is 2.06. The molecule has 0 aliphatic carbocycles. The number of hydrogen-bond donors (Lipinski definition) is 3. The molecule has 0 aliphatic heterocycles. The molecule has 0 saturated carbocycles. The molecule has 1 amide bonds. The highest BCUT2D eigenvalue weighted by Crippen LogP contribution is 2.17. The molecule has 84 valence electrons. The van der Waals surface area contributed by atoms with Gasteiger partial charge in [-0.2, -0.15) is 0 Å². The summed E-state index contributed by atoms with van der Waals surface area (Å²) in [6, 6.07) is 7.67. The van der Waals surface area contributed by atoms with E-state index >= 15 is 0 Å². The third-order valence-corrected chi connectivity index (χ3v) is 2.45. The lowest BCUT2D eigenvalue weighted by molar-refractivity contribution is 0.0953. The monoisotopic (exact) mass is 218 g/mol. The zero-order chi connectivity index (χ0) is 11.4. The SMILES string of the molecule is O=C(NCCCO)c1c[nH]c2ccccc12. The number of benzene rings is 1. The number of para-hydroxylation sites is 1. The molecule has 1 aromatic carbocycles. The van der Waals surface area contributed by atoms with Gasteiger partial charge >= 0.3 is 0 Å². The van der Waals surface area contributed by atoms with Gasteiger partial charge in [0.2, 0.25) is 0 Å². The van der Waals surface area contributed by atoms with Crippen LogP contribution >= 0.6 is 0 Å². The second-order valence-corrected chi connectivity index (χ2v) is 3.58. The Morgan fingerprint density at radius 1 is 1.38 bits per heavy atom. The Labute approximate surface area is 93.3 Å².